The molecular weight excluding hydrogens is 362 g/mol. The third-order valence-corrected chi connectivity index (χ3v) is 4.91. The summed E-state index contributed by atoms with van der Waals surface area (Å²) in [6.07, 6.45) is 2.08. The van der Waals surface area contributed by atoms with E-state index in [1.165, 1.54) is 0 Å². The number of rotatable bonds is 8. The van der Waals surface area contributed by atoms with Crippen molar-refractivity contribution in [3.8, 4) is 0 Å². The molecule has 0 radical (unpaired) electrons. The lowest BCUT2D eigenvalue weighted by Gasteiger charge is -2.19. The highest BCUT2D eigenvalue weighted by Crippen LogP contribution is 2.26. The largest absolute Gasteiger partial charge is 0.374 e. The molecule has 146 valence electrons. The normalized spacial score (nSPS) is 13.5. The molecule has 0 saturated heterocycles. The van der Waals surface area contributed by atoms with Crippen molar-refractivity contribution in [2.24, 2.45) is 0 Å². The molecule has 0 fully saturated rings. The quantitative estimate of drug-likeness (QED) is 0.636. The fourth-order valence-corrected chi connectivity index (χ4v) is 3.26. The van der Waals surface area contributed by atoms with Gasteiger partial charge >= 0.3 is 0 Å². The van der Waals surface area contributed by atoms with Crippen LogP contribution in [0.3, 0.4) is 0 Å². The van der Waals surface area contributed by atoms with Crippen LogP contribution in [0.2, 0.25) is 0 Å². The molecular formula is C20H27N3O3S. The molecule has 6 nitrogen and oxygen atoms in total. The topological polar surface area (TPSA) is 87.3 Å². The average molecular weight is 390 g/mol. The SMILES string of the molecule is CCC(C)c1ccccc1NC(=O)C(C)Nc1cccc(NS(C)(=O)=O)c1. The van der Waals surface area contributed by atoms with Crippen LogP contribution in [0.25, 0.3) is 0 Å². The minimum atomic E-state index is -3.35. The Kier molecular flexibility index (Phi) is 6.85. The Hall–Kier alpha value is -2.54. The van der Waals surface area contributed by atoms with Crippen LogP contribution in [0, 0.1) is 0 Å². The van der Waals surface area contributed by atoms with Gasteiger partial charge in [-0.05, 0) is 49.1 Å². The number of sulfonamides is 1. The molecule has 2 atom stereocenters. The van der Waals surface area contributed by atoms with Gasteiger partial charge in [-0.1, -0.05) is 38.1 Å². The summed E-state index contributed by atoms with van der Waals surface area (Å²) >= 11 is 0. The zero-order chi connectivity index (χ0) is 20.0. The monoisotopic (exact) mass is 389 g/mol. The van der Waals surface area contributed by atoms with E-state index in [2.05, 4.69) is 29.2 Å². The molecule has 2 aromatic carbocycles. The maximum atomic E-state index is 12.6. The second kappa shape index (κ2) is 8.90. The van der Waals surface area contributed by atoms with Crippen molar-refractivity contribution in [1.29, 1.82) is 0 Å². The number of nitrogens with one attached hydrogen (secondary N) is 3. The van der Waals surface area contributed by atoms with Crippen LogP contribution in [0.4, 0.5) is 17.1 Å². The molecule has 1 amide bonds. The van der Waals surface area contributed by atoms with Crippen molar-refractivity contribution in [1.82, 2.24) is 0 Å². The summed E-state index contributed by atoms with van der Waals surface area (Å²) in [4.78, 5) is 12.6. The molecule has 2 aromatic rings. The van der Waals surface area contributed by atoms with Crippen LogP contribution < -0.4 is 15.4 Å². The summed E-state index contributed by atoms with van der Waals surface area (Å²) in [5.74, 6) is 0.191. The molecule has 7 heteroatoms. The van der Waals surface area contributed by atoms with Gasteiger partial charge in [0.25, 0.3) is 0 Å². The Labute approximate surface area is 161 Å². The lowest BCUT2D eigenvalue weighted by atomic mass is 9.97. The van der Waals surface area contributed by atoms with E-state index in [4.69, 9.17) is 0 Å². The molecule has 27 heavy (non-hydrogen) atoms. The van der Waals surface area contributed by atoms with Crippen molar-refractivity contribution >= 4 is 33.0 Å². The third kappa shape index (κ3) is 6.29. The standard InChI is InChI=1S/C20H27N3O3S/c1-5-14(2)18-11-6-7-12-19(18)22-20(24)15(3)21-16-9-8-10-17(13-16)23-27(4,25)26/h6-15,21,23H,5H2,1-4H3,(H,22,24). The van der Waals surface area contributed by atoms with E-state index in [0.717, 1.165) is 23.9 Å². The molecule has 3 N–H and O–H groups in total. The van der Waals surface area contributed by atoms with E-state index in [9.17, 15) is 13.2 Å². The Bertz CT molecular complexity index is 897. The maximum absolute atomic E-state index is 12.6. The summed E-state index contributed by atoms with van der Waals surface area (Å²) in [6.45, 7) is 6.01. The van der Waals surface area contributed by atoms with Gasteiger partial charge < -0.3 is 10.6 Å². The third-order valence-electron chi connectivity index (χ3n) is 4.30. The molecule has 0 aromatic heterocycles. The van der Waals surface area contributed by atoms with Crippen molar-refractivity contribution in [2.45, 2.75) is 39.2 Å². The zero-order valence-corrected chi connectivity index (χ0v) is 16.9. The zero-order valence-electron chi connectivity index (χ0n) is 16.1. The van der Waals surface area contributed by atoms with Crippen molar-refractivity contribution in [3.63, 3.8) is 0 Å². The summed E-state index contributed by atoms with van der Waals surface area (Å²) in [5.41, 5.74) is 3.02. The predicted octanol–water partition coefficient (Wildman–Crippen LogP) is 4.01. The number of benzene rings is 2. The van der Waals surface area contributed by atoms with E-state index in [1.807, 2.05) is 24.3 Å². The second-order valence-electron chi connectivity index (χ2n) is 6.71. The van der Waals surface area contributed by atoms with Crippen LogP contribution in [-0.2, 0) is 14.8 Å². The van der Waals surface area contributed by atoms with Gasteiger partial charge in [0.1, 0.15) is 6.04 Å². The van der Waals surface area contributed by atoms with Gasteiger partial charge in [0.05, 0.1) is 11.9 Å². The molecule has 0 aliphatic carbocycles. The van der Waals surface area contributed by atoms with E-state index in [-0.39, 0.29) is 5.91 Å². The van der Waals surface area contributed by atoms with Crippen LogP contribution in [0.5, 0.6) is 0 Å². The Morgan fingerprint density at radius 1 is 1.04 bits per heavy atom. The van der Waals surface area contributed by atoms with Crippen LogP contribution in [0.1, 0.15) is 38.7 Å². The van der Waals surface area contributed by atoms with Gasteiger partial charge in [-0.3, -0.25) is 9.52 Å². The maximum Gasteiger partial charge on any atom is 0.246 e. The minimum absolute atomic E-state index is 0.160. The number of carbonyl (C=O) groups is 1. The number of amides is 1. The molecule has 0 aliphatic heterocycles. The highest BCUT2D eigenvalue weighted by atomic mass is 32.2. The Balaban J connectivity index is 2.08. The van der Waals surface area contributed by atoms with Crippen molar-refractivity contribution < 1.29 is 13.2 Å². The van der Waals surface area contributed by atoms with Gasteiger partial charge in [0.2, 0.25) is 15.9 Å². The fourth-order valence-electron chi connectivity index (χ4n) is 2.70. The number of anilines is 3. The molecule has 2 rings (SSSR count). The van der Waals surface area contributed by atoms with Crippen LogP contribution >= 0.6 is 0 Å². The molecule has 2 unspecified atom stereocenters. The molecule has 0 aliphatic rings. The predicted molar refractivity (Wildman–Crippen MR) is 112 cm³/mol. The summed E-state index contributed by atoms with van der Waals surface area (Å²) < 4.78 is 25.1. The van der Waals surface area contributed by atoms with Crippen LogP contribution in [0.15, 0.2) is 48.5 Å². The number of hydrogen-bond donors (Lipinski definition) is 3. The fraction of sp³-hybridized carbons (Fsp3) is 0.350. The highest BCUT2D eigenvalue weighted by molar-refractivity contribution is 7.92. The molecule has 0 bridgehead atoms. The van der Waals surface area contributed by atoms with Crippen molar-refractivity contribution in [3.05, 3.63) is 54.1 Å². The minimum Gasteiger partial charge on any atom is -0.374 e. The first-order valence-corrected chi connectivity index (χ1v) is 10.8. The summed E-state index contributed by atoms with van der Waals surface area (Å²) in [6, 6.07) is 14.1. The Morgan fingerprint density at radius 3 is 2.37 bits per heavy atom. The first-order valence-electron chi connectivity index (χ1n) is 8.93. The number of para-hydroxylation sites is 1. The van der Waals surface area contributed by atoms with Gasteiger partial charge in [0, 0.05) is 11.4 Å². The van der Waals surface area contributed by atoms with Gasteiger partial charge in [-0.25, -0.2) is 8.42 Å². The van der Waals surface area contributed by atoms with Gasteiger partial charge in [0.15, 0.2) is 0 Å². The number of carbonyl (C=O) groups excluding carboxylic acids is 1. The molecule has 0 heterocycles. The van der Waals surface area contributed by atoms with E-state index in [1.54, 1.807) is 31.2 Å². The number of hydrogen-bond acceptors (Lipinski definition) is 4. The average Bonchev–Trinajstić information content (AvgIpc) is 2.60. The van der Waals surface area contributed by atoms with Gasteiger partial charge in [-0.2, -0.15) is 0 Å². The molecule has 0 saturated carbocycles. The second-order valence-corrected chi connectivity index (χ2v) is 8.46. The van der Waals surface area contributed by atoms with E-state index in [0.29, 0.717) is 17.3 Å². The smallest absolute Gasteiger partial charge is 0.246 e. The molecule has 0 spiro atoms. The summed E-state index contributed by atoms with van der Waals surface area (Å²) in [7, 11) is -3.35. The Morgan fingerprint density at radius 2 is 1.70 bits per heavy atom. The lowest BCUT2D eigenvalue weighted by molar-refractivity contribution is -0.116. The first-order chi connectivity index (χ1) is 12.7. The highest BCUT2D eigenvalue weighted by Gasteiger charge is 2.16. The lowest BCUT2D eigenvalue weighted by Crippen LogP contribution is -2.32. The summed E-state index contributed by atoms with van der Waals surface area (Å²) in [5, 5.41) is 6.09. The first kappa shape index (κ1) is 20.8. The van der Waals surface area contributed by atoms with E-state index < -0.39 is 16.1 Å². The van der Waals surface area contributed by atoms with Crippen molar-refractivity contribution in [2.75, 3.05) is 21.6 Å². The van der Waals surface area contributed by atoms with E-state index >= 15 is 0 Å². The van der Waals surface area contributed by atoms with Gasteiger partial charge in [-0.15, -0.1) is 0 Å². The van der Waals surface area contributed by atoms with Crippen LogP contribution in [-0.4, -0.2) is 26.6 Å².